The number of benzene rings is 3. The minimum absolute atomic E-state index is 0.0580. The van der Waals surface area contributed by atoms with Crippen LogP contribution >= 0.6 is 0 Å². The van der Waals surface area contributed by atoms with Crippen molar-refractivity contribution in [2.75, 3.05) is 21.0 Å². The lowest BCUT2D eigenvalue weighted by Gasteiger charge is -2.20. The highest BCUT2D eigenvalue weighted by atomic mass is 16.7. The summed E-state index contributed by atoms with van der Waals surface area (Å²) in [4.78, 5) is 41.5. The van der Waals surface area contributed by atoms with Gasteiger partial charge in [-0.2, -0.15) is 0 Å². The maximum Gasteiger partial charge on any atom is 0.261 e. The van der Waals surface area contributed by atoms with Crippen LogP contribution in [0.1, 0.15) is 42.2 Å². The molecule has 0 radical (unpaired) electrons. The average Bonchev–Trinajstić information content (AvgIpc) is 3.42. The molecule has 8 heteroatoms. The van der Waals surface area contributed by atoms with Crippen LogP contribution in [0.5, 0.6) is 17.2 Å². The molecule has 8 nitrogen and oxygen atoms in total. The Kier molecular flexibility index (Phi) is 5.41. The number of hydrogen-bond donors (Lipinski definition) is 0. The molecule has 0 unspecified atom stereocenters. The van der Waals surface area contributed by atoms with Crippen LogP contribution in [0.3, 0.4) is 0 Å². The van der Waals surface area contributed by atoms with Gasteiger partial charge in [-0.3, -0.25) is 19.3 Å². The van der Waals surface area contributed by atoms with Crippen LogP contribution in [0, 0.1) is 0 Å². The van der Waals surface area contributed by atoms with E-state index in [1.165, 1.54) is 12.0 Å². The number of methoxy groups -OCH3 is 1. The quantitative estimate of drug-likeness (QED) is 0.526. The Morgan fingerprint density at radius 3 is 2.32 bits per heavy atom. The molecular weight excluding hydrogens is 436 g/mol. The van der Waals surface area contributed by atoms with Crippen LogP contribution in [-0.2, 0) is 13.1 Å². The van der Waals surface area contributed by atoms with E-state index in [4.69, 9.17) is 14.2 Å². The Morgan fingerprint density at radius 2 is 1.62 bits per heavy atom. The predicted molar refractivity (Wildman–Crippen MR) is 122 cm³/mol. The van der Waals surface area contributed by atoms with Crippen molar-refractivity contribution >= 4 is 17.7 Å². The molecule has 2 aliphatic rings. The second-order valence-corrected chi connectivity index (χ2v) is 8.13. The first-order valence-corrected chi connectivity index (χ1v) is 10.7. The molecule has 0 atom stereocenters. The molecule has 0 saturated heterocycles. The maximum absolute atomic E-state index is 13.3. The van der Waals surface area contributed by atoms with Gasteiger partial charge in [0.1, 0.15) is 5.75 Å². The smallest absolute Gasteiger partial charge is 0.261 e. The molecule has 0 saturated carbocycles. The Morgan fingerprint density at radius 1 is 0.941 bits per heavy atom. The van der Waals surface area contributed by atoms with Gasteiger partial charge in [-0.25, -0.2) is 0 Å². The minimum atomic E-state index is -0.343. The zero-order valence-electron chi connectivity index (χ0n) is 18.7. The fraction of sp³-hybridized carbons (Fsp3) is 0.192. The van der Waals surface area contributed by atoms with E-state index >= 15 is 0 Å². The summed E-state index contributed by atoms with van der Waals surface area (Å²) < 4.78 is 16.2. The van der Waals surface area contributed by atoms with Gasteiger partial charge >= 0.3 is 0 Å². The van der Waals surface area contributed by atoms with Gasteiger partial charge in [0.25, 0.3) is 17.7 Å². The van der Waals surface area contributed by atoms with Crippen molar-refractivity contribution in [2.45, 2.75) is 13.1 Å². The van der Waals surface area contributed by atoms with Crippen molar-refractivity contribution < 1.29 is 28.6 Å². The average molecular weight is 458 g/mol. The topological polar surface area (TPSA) is 85.4 Å². The molecule has 2 heterocycles. The van der Waals surface area contributed by atoms with Gasteiger partial charge in [0.15, 0.2) is 11.5 Å². The van der Waals surface area contributed by atoms with E-state index in [1.807, 2.05) is 18.2 Å². The van der Waals surface area contributed by atoms with Gasteiger partial charge < -0.3 is 19.1 Å². The van der Waals surface area contributed by atoms with Crippen molar-refractivity contribution in [2.24, 2.45) is 0 Å². The third-order valence-electron chi connectivity index (χ3n) is 5.92. The second-order valence-electron chi connectivity index (χ2n) is 8.13. The van der Waals surface area contributed by atoms with Gasteiger partial charge in [-0.05, 0) is 47.5 Å². The molecule has 0 aliphatic carbocycles. The number of imide groups is 1. The number of hydrogen-bond acceptors (Lipinski definition) is 6. The number of rotatable bonds is 6. The summed E-state index contributed by atoms with van der Waals surface area (Å²) in [6.07, 6.45) is 0. The molecule has 3 aromatic carbocycles. The number of fused-ring (bicyclic) bond motifs is 2. The fourth-order valence-electron chi connectivity index (χ4n) is 4.18. The van der Waals surface area contributed by atoms with Gasteiger partial charge in [0.05, 0.1) is 30.3 Å². The lowest BCUT2D eigenvalue weighted by molar-refractivity contribution is 0.0642. The summed E-state index contributed by atoms with van der Waals surface area (Å²) in [5, 5.41) is 0. The Hall–Kier alpha value is -4.33. The van der Waals surface area contributed by atoms with Gasteiger partial charge in [0.2, 0.25) is 6.79 Å². The van der Waals surface area contributed by atoms with Crippen LogP contribution < -0.4 is 14.2 Å². The normalized spacial score (nSPS) is 13.8. The summed E-state index contributed by atoms with van der Waals surface area (Å²) in [5.74, 6) is 0.806. The summed E-state index contributed by atoms with van der Waals surface area (Å²) in [6.45, 7) is 0.592. The molecular formula is C26H22N2O6. The maximum atomic E-state index is 13.3. The molecule has 0 bridgehead atoms. The van der Waals surface area contributed by atoms with E-state index in [2.05, 4.69) is 0 Å². The third-order valence-corrected chi connectivity index (χ3v) is 5.92. The number of amides is 3. The van der Waals surface area contributed by atoms with E-state index in [1.54, 1.807) is 54.4 Å². The summed E-state index contributed by atoms with van der Waals surface area (Å²) in [7, 11) is 3.19. The highest BCUT2D eigenvalue weighted by Gasteiger charge is 2.35. The summed E-state index contributed by atoms with van der Waals surface area (Å²) in [6, 6.07) is 17.4. The number of carbonyl (C=O) groups is 3. The van der Waals surface area contributed by atoms with Gasteiger partial charge in [-0.1, -0.05) is 24.3 Å². The standard InChI is InChI=1S/C26H22N2O6/c1-27(13-17-8-10-22-23(12-17)34-15-33-22)24(29)20-11-16(7-9-21(20)32-2)14-28-25(30)18-5-3-4-6-19(18)26(28)31/h3-12H,13-15H2,1-2H3. The Balaban J connectivity index is 1.36. The lowest BCUT2D eigenvalue weighted by Crippen LogP contribution is -2.30. The Bertz CT molecular complexity index is 1280. The third kappa shape index (κ3) is 3.73. The number of ether oxygens (including phenoxy) is 3. The molecule has 0 fully saturated rings. The van der Waals surface area contributed by atoms with E-state index in [-0.39, 0.29) is 31.1 Å². The molecule has 0 spiro atoms. The Labute approximate surface area is 196 Å². The second kappa shape index (κ2) is 8.55. The van der Waals surface area contributed by atoms with Crippen molar-refractivity contribution in [1.82, 2.24) is 9.80 Å². The molecule has 3 amide bonds. The first-order chi connectivity index (χ1) is 16.5. The SMILES string of the molecule is COc1ccc(CN2C(=O)c3ccccc3C2=O)cc1C(=O)N(C)Cc1ccc2c(c1)OCO2. The van der Waals surface area contributed by atoms with Crippen molar-refractivity contribution in [3.8, 4) is 17.2 Å². The number of carbonyl (C=O) groups excluding carboxylic acids is 3. The molecule has 3 aromatic rings. The molecule has 34 heavy (non-hydrogen) atoms. The molecule has 172 valence electrons. The summed E-state index contributed by atoms with van der Waals surface area (Å²) >= 11 is 0. The van der Waals surface area contributed by atoms with Crippen LogP contribution in [0.4, 0.5) is 0 Å². The van der Waals surface area contributed by atoms with Gasteiger partial charge in [-0.15, -0.1) is 0 Å². The zero-order chi connectivity index (χ0) is 23.8. The lowest BCUT2D eigenvalue weighted by atomic mass is 10.1. The van der Waals surface area contributed by atoms with E-state index in [0.717, 1.165) is 5.56 Å². The zero-order valence-corrected chi connectivity index (χ0v) is 18.7. The van der Waals surface area contributed by atoms with E-state index in [0.29, 0.717) is 46.0 Å². The largest absolute Gasteiger partial charge is 0.496 e. The van der Waals surface area contributed by atoms with Crippen LogP contribution in [-0.4, -0.2) is 48.5 Å². The molecule has 5 rings (SSSR count). The monoisotopic (exact) mass is 458 g/mol. The first-order valence-electron chi connectivity index (χ1n) is 10.7. The van der Waals surface area contributed by atoms with E-state index in [9.17, 15) is 14.4 Å². The van der Waals surface area contributed by atoms with Crippen molar-refractivity contribution in [3.05, 3.63) is 88.5 Å². The highest BCUT2D eigenvalue weighted by Crippen LogP contribution is 2.33. The highest BCUT2D eigenvalue weighted by molar-refractivity contribution is 6.21. The first kappa shape index (κ1) is 21.5. The molecule has 0 N–H and O–H groups in total. The van der Waals surface area contributed by atoms with Crippen LogP contribution in [0.2, 0.25) is 0 Å². The van der Waals surface area contributed by atoms with Gasteiger partial charge in [0, 0.05) is 13.6 Å². The van der Waals surface area contributed by atoms with Crippen LogP contribution in [0.15, 0.2) is 60.7 Å². The van der Waals surface area contributed by atoms with Crippen molar-refractivity contribution in [1.29, 1.82) is 0 Å². The fourth-order valence-corrected chi connectivity index (χ4v) is 4.18. The predicted octanol–water partition coefficient (Wildman–Crippen LogP) is 3.49. The summed E-state index contributed by atoms with van der Waals surface area (Å²) in [5.41, 5.74) is 2.66. The van der Waals surface area contributed by atoms with E-state index < -0.39 is 0 Å². The minimum Gasteiger partial charge on any atom is -0.496 e. The number of nitrogens with zero attached hydrogens (tertiary/aromatic N) is 2. The van der Waals surface area contributed by atoms with Crippen LogP contribution in [0.25, 0.3) is 0 Å². The van der Waals surface area contributed by atoms with Crippen molar-refractivity contribution in [3.63, 3.8) is 0 Å². The molecule has 2 aliphatic heterocycles. The molecule has 0 aromatic heterocycles.